The molecule has 0 amide bonds. The molecule has 0 radical (unpaired) electrons. The summed E-state index contributed by atoms with van der Waals surface area (Å²) in [5, 5.41) is 6.63. The first kappa shape index (κ1) is 16.0. The summed E-state index contributed by atoms with van der Waals surface area (Å²) in [6.07, 6.45) is 12.1. The molecule has 3 heteroatoms. The van der Waals surface area contributed by atoms with E-state index in [0.29, 0.717) is 17.5 Å². The minimum absolute atomic E-state index is 0.437. The van der Waals surface area contributed by atoms with Crippen molar-refractivity contribution in [1.29, 1.82) is 0 Å². The van der Waals surface area contributed by atoms with Crippen LogP contribution < -0.4 is 5.32 Å². The van der Waals surface area contributed by atoms with Crippen molar-refractivity contribution >= 4 is 11.8 Å². The first-order chi connectivity index (χ1) is 9.63. The Labute approximate surface area is 129 Å². The number of likely N-dealkylation sites (N-methyl/N-ethyl adjacent to an activating group) is 1. The van der Waals surface area contributed by atoms with Crippen molar-refractivity contribution in [2.75, 3.05) is 7.05 Å². The van der Waals surface area contributed by atoms with Crippen LogP contribution >= 0.6 is 11.8 Å². The molecule has 114 valence electrons. The van der Waals surface area contributed by atoms with Gasteiger partial charge in [-0.2, -0.15) is 0 Å². The van der Waals surface area contributed by atoms with E-state index in [4.69, 9.17) is 0 Å². The summed E-state index contributed by atoms with van der Waals surface area (Å²) in [6, 6.07) is 0.531. The van der Waals surface area contributed by atoms with E-state index in [0.717, 1.165) is 5.92 Å². The molecule has 0 aromatic heterocycles. The van der Waals surface area contributed by atoms with Crippen LogP contribution in [0.15, 0.2) is 23.3 Å². The van der Waals surface area contributed by atoms with Crippen molar-refractivity contribution in [3.05, 3.63) is 23.3 Å². The van der Waals surface area contributed by atoms with Gasteiger partial charge >= 0.3 is 0 Å². The third kappa shape index (κ3) is 3.82. The molecular weight excluding hydrogens is 264 g/mol. The van der Waals surface area contributed by atoms with Gasteiger partial charge in [0.1, 0.15) is 0 Å². The summed E-state index contributed by atoms with van der Waals surface area (Å²) in [6.45, 7) is 6.83. The molecule has 2 heterocycles. The molecule has 20 heavy (non-hydrogen) atoms. The smallest absolute Gasteiger partial charge is 0.0764 e. The van der Waals surface area contributed by atoms with Gasteiger partial charge in [-0.3, -0.25) is 4.90 Å². The van der Waals surface area contributed by atoms with Crippen LogP contribution in [0.3, 0.4) is 0 Å². The van der Waals surface area contributed by atoms with E-state index in [1.165, 1.54) is 37.8 Å². The van der Waals surface area contributed by atoms with Crippen LogP contribution in [-0.2, 0) is 0 Å². The molecule has 0 aromatic rings. The van der Waals surface area contributed by atoms with Gasteiger partial charge in [0.2, 0.25) is 0 Å². The molecule has 4 atom stereocenters. The van der Waals surface area contributed by atoms with Gasteiger partial charge in [0.05, 0.1) is 11.4 Å². The van der Waals surface area contributed by atoms with Crippen molar-refractivity contribution in [3.8, 4) is 0 Å². The molecule has 0 aliphatic carbocycles. The van der Waals surface area contributed by atoms with Crippen LogP contribution in [-0.4, -0.2) is 29.4 Å². The first-order valence-electron chi connectivity index (χ1n) is 8.15. The maximum atomic E-state index is 3.70. The number of thioether (sulfide) groups is 1. The summed E-state index contributed by atoms with van der Waals surface area (Å²) >= 11 is 2.00. The van der Waals surface area contributed by atoms with Crippen LogP contribution in [0.25, 0.3) is 0 Å². The molecule has 2 aliphatic rings. The monoisotopic (exact) mass is 294 g/mol. The molecule has 2 nitrogen and oxygen atoms in total. The summed E-state index contributed by atoms with van der Waals surface area (Å²) in [4.78, 5) is 2.38. The van der Waals surface area contributed by atoms with Gasteiger partial charge in [0.15, 0.2) is 0 Å². The summed E-state index contributed by atoms with van der Waals surface area (Å²) < 4.78 is 0. The molecule has 0 saturated carbocycles. The van der Waals surface area contributed by atoms with E-state index in [1.807, 2.05) is 11.8 Å². The van der Waals surface area contributed by atoms with E-state index in [-0.39, 0.29) is 0 Å². The first-order valence-corrected chi connectivity index (χ1v) is 9.10. The zero-order chi connectivity index (χ0) is 14.5. The minimum Gasteiger partial charge on any atom is -0.372 e. The predicted molar refractivity (Wildman–Crippen MR) is 90.7 cm³/mol. The summed E-state index contributed by atoms with van der Waals surface area (Å²) in [5.74, 6) is 0.721. The lowest BCUT2D eigenvalue weighted by molar-refractivity contribution is 0.185. The molecule has 2 rings (SSSR count). The van der Waals surface area contributed by atoms with Crippen LogP contribution in [0.5, 0.6) is 0 Å². The van der Waals surface area contributed by atoms with Crippen LogP contribution in [0.1, 0.15) is 52.9 Å². The second-order valence-electron chi connectivity index (χ2n) is 6.25. The predicted octanol–water partition coefficient (Wildman–Crippen LogP) is 4.36. The highest BCUT2D eigenvalue weighted by atomic mass is 32.2. The lowest BCUT2D eigenvalue weighted by atomic mass is 9.94. The van der Waals surface area contributed by atoms with E-state index in [9.17, 15) is 0 Å². The standard InChI is InChI=1S/C17H30N2S/c1-5-6-7-8-9-15-10-11-20-17(15)16-12-13(2)19(4)14(3)18-16/h10-15,17-18H,5-9H2,1-4H3. The molecule has 0 saturated heterocycles. The Morgan fingerprint density at radius 1 is 1.25 bits per heavy atom. The molecular formula is C17H30N2S. The van der Waals surface area contributed by atoms with E-state index < -0.39 is 0 Å². The Balaban J connectivity index is 1.92. The number of allylic oxidation sites excluding steroid dienone is 1. The van der Waals surface area contributed by atoms with Gasteiger partial charge in [-0.05, 0) is 44.7 Å². The fourth-order valence-corrected chi connectivity index (χ4v) is 4.27. The maximum Gasteiger partial charge on any atom is 0.0764 e. The normalized spacial score (nSPS) is 34.1. The van der Waals surface area contributed by atoms with Crippen molar-refractivity contribution in [2.24, 2.45) is 5.92 Å². The number of unbranched alkanes of at least 4 members (excludes halogenated alkanes) is 3. The number of hydrogen-bond acceptors (Lipinski definition) is 3. The topological polar surface area (TPSA) is 15.3 Å². The third-order valence-corrected chi connectivity index (χ3v) is 5.90. The van der Waals surface area contributed by atoms with Gasteiger partial charge in [0, 0.05) is 11.7 Å². The third-order valence-electron chi connectivity index (χ3n) is 4.69. The Morgan fingerprint density at radius 2 is 2.05 bits per heavy atom. The second-order valence-corrected chi connectivity index (χ2v) is 7.30. The van der Waals surface area contributed by atoms with Crippen LogP contribution in [0.4, 0.5) is 0 Å². The van der Waals surface area contributed by atoms with Gasteiger partial charge in [0.25, 0.3) is 0 Å². The Kier molecular flexibility index (Phi) is 6.03. The number of nitrogens with zero attached hydrogens (tertiary/aromatic N) is 1. The Morgan fingerprint density at radius 3 is 2.75 bits per heavy atom. The van der Waals surface area contributed by atoms with E-state index in [2.05, 4.69) is 55.6 Å². The molecule has 4 unspecified atom stereocenters. The van der Waals surface area contributed by atoms with Crippen molar-refractivity contribution in [3.63, 3.8) is 0 Å². The lowest BCUT2D eigenvalue weighted by Crippen LogP contribution is -2.50. The molecule has 0 fully saturated rings. The lowest BCUT2D eigenvalue weighted by Gasteiger charge is -2.38. The fourth-order valence-electron chi connectivity index (χ4n) is 3.09. The summed E-state index contributed by atoms with van der Waals surface area (Å²) in [5.41, 5.74) is 1.46. The molecule has 2 aliphatic heterocycles. The van der Waals surface area contributed by atoms with Crippen molar-refractivity contribution in [1.82, 2.24) is 10.2 Å². The van der Waals surface area contributed by atoms with Crippen LogP contribution in [0, 0.1) is 5.92 Å². The highest BCUT2D eigenvalue weighted by Gasteiger charge is 2.31. The Hall–Kier alpha value is -0.410. The number of nitrogens with one attached hydrogen (secondary N) is 1. The van der Waals surface area contributed by atoms with E-state index >= 15 is 0 Å². The second kappa shape index (κ2) is 7.56. The average Bonchev–Trinajstić information content (AvgIpc) is 2.89. The van der Waals surface area contributed by atoms with Crippen molar-refractivity contribution < 1.29 is 0 Å². The maximum absolute atomic E-state index is 3.70. The zero-order valence-corrected chi connectivity index (χ0v) is 14.2. The molecule has 1 N–H and O–H groups in total. The van der Waals surface area contributed by atoms with Crippen LogP contribution in [0.2, 0.25) is 0 Å². The highest BCUT2D eigenvalue weighted by Crippen LogP contribution is 2.38. The Bertz CT molecular complexity index is 364. The largest absolute Gasteiger partial charge is 0.372 e. The number of rotatable bonds is 6. The molecule has 0 aromatic carbocycles. The van der Waals surface area contributed by atoms with E-state index in [1.54, 1.807) is 0 Å². The zero-order valence-electron chi connectivity index (χ0n) is 13.4. The summed E-state index contributed by atoms with van der Waals surface area (Å²) in [7, 11) is 2.19. The highest BCUT2D eigenvalue weighted by molar-refractivity contribution is 8.03. The van der Waals surface area contributed by atoms with Gasteiger partial charge in [-0.25, -0.2) is 0 Å². The van der Waals surface area contributed by atoms with Gasteiger partial charge < -0.3 is 5.32 Å². The fraction of sp³-hybridized carbons (Fsp3) is 0.765. The van der Waals surface area contributed by atoms with Gasteiger partial charge in [-0.15, -0.1) is 11.8 Å². The van der Waals surface area contributed by atoms with Gasteiger partial charge in [-0.1, -0.05) is 38.7 Å². The molecule has 0 bridgehead atoms. The minimum atomic E-state index is 0.437. The van der Waals surface area contributed by atoms with Crippen molar-refractivity contribution in [2.45, 2.75) is 70.3 Å². The molecule has 0 spiro atoms. The quantitative estimate of drug-likeness (QED) is 0.733. The number of hydrogen-bond donors (Lipinski definition) is 1. The average molecular weight is 295 g/mol. The SMILES string of the molecule is CCCCCCC1C=CSC1C1=CC(C)N(C)C(C)N1.